The van der Waals surface area contributed by atoms with E-state index in [0.717, 1.165) is 5.56 Å². The Morgan fingerprint density at radius 1 is 1.23 bits per heavy atom. The van der Waals surface area contributed by atoms with Crippen LogP contribution >= 0.6 is 0 Å². The predicted octanol–water partition coefficient (Wildman–Crippen LogP) is 0.823. The fourth-order valence-corrected chi connectivity index (χ4v) is 1.87. The average Bonchev–Trinajstić information content (AvgIpc) is 2.52. The third-order valence-electron chi connectivity index (χ3n) is 2.91. The van der Waals surface area contributed by atoms with Crippen molar-refractivity contribution < 1.29 is 14.3 Å². The van der Waals surface area contributed by atoms with Gasteiger partial charge in [-0.1, -0.05) is 12.1 Å². The largest absolute Gasteiger partial charge is 0.497 e. The molecule has 0 spiro atoms. The molecule has 2 aromatic rings. The quantitative estimate of drug-likeness (QED) is 0.850. The van der Waals surface area contributed by atoms with Crippen molar-refractivity contribution in [3.05, 3.63) is 53.1 Å². The van der Waals surface area contributed by atoms with Crippen molar-refractivity contribution in [3.63, 3.8) is 0 Å². The Hall–Kier alpha value is -2.96. The number of carbonyl (C=O) groups is 2. The highest BCUT2D eigenvalue weighted by atomic mass is 16.5. The SMILES string of the molecule is COc1cccc(CNC(=O)c2cc(C(N)=O)nc(C)n2)c1. The molecule has 2 amide bonds. The Balaban J connectivity index is 2.10. The van der Waals surface area contributed by atoms with Crippen molar-refractivity contribution in [2.24, 2.45) is 5.73 Å². The van der Waals surface area contributed by atoms with Crippen molar-refractivity contribution >= 4 is 11.8 Å². The molecule has 0 aliphatic rings. The van der Waals surface area contributed by atoms with Crippen LogP contribution in [0.3, 0.4) is 0 Å². The van der Waals surface area contributed by atoms with Gasteiger partial charge in [0.1, 0.15) is 23.0 Å². The zero-order valence-corrected chi connectivity index (χ0v) is 12.3. The number of carbonyl (C=O) groups excluding carboxylic acids is 2. The van der Waals surface area contributed by atoms with Gasteiger partial charge in [-0.25, -0.2) is 9.97 Å². The second kappa shape index (κ2) is 6.66. The molecule has 22 heavy (non-hydrogen) atoms. The number of nitrogens with one attached hydrogen (secondary N) is 1. The van der Waals surface area contributed by atoms with E-state index in [1.807, 2.05) is 24.3 Å². The maximum absolute atomic E-state index is 12.1. The molecular weight excluding hydrogens is 284 g/mol. The molecular formula is C15H16N4O3. The Kier molecular flexibility index (Phi) is 4.67. The summed E-state index contributed by atoms with van der Waals surface area (Å²) in [5.74, 6) is -0.0911. The summed E-state index contributed by atoms with van der Waals surface area (Å²) in [5.41, 5.74) is 6.17. The first kappa shape index (κ1) is 15.4. The lowest BCUT2D eigenvalue weighted by Gasteiger charge is -2.07. The second-order valence-electron chi connectivity index (χ2n) is 4.58. The lowest BCUT2D eigenvalue weighted by molar-refractivity contribution is 0.0945. The molecule has 1 heterocycles. The molecule has 0 saturated heterocycles. The normalized spacial score (nSPS) is 10.1. The van der Waals surface area contributed by atoms with Crippen molar-refractivity contribution in [3.8, 4) is 5.75 Å². The Labute approximate surface area is 127 Å². The second-order valence-corrected chi connectivity index (χ2v) is 4.58. The lowest BCUT2D eigenvalue weighted by Crippen LogP contribution is -2.25. The number of aryl methyl sites for hydroxylation is 1. The highest BCUT2D eigenvalue weighted by Crippen LogP contribution is 2.12. The molecule has 0 fully saturated rings. The summed E-state index contributed by atoms with van der Waals surface area (Å²) in [6, 6.07) is 8.61. The summed E-state index contributed by atoms with van der Waals surface area (Å²) in [6.45, 7) is 1.90. The van der Waals surface area contributed by atoms with Crippen LogP contribution in [0.5, 0.6) is 5.75 Å². The summed E-state index contributed by atoms with van der Waals surface area (Å²) >= 11 is 0. The van der Waals surface area contributed by atoms with E-state index in [1.54, 1.807) is 14.0 Å². The third kappa shape index (κ3) is 3.78. The lowest BCUT2D eigenvalue weighted by atomic mass is 10.2. The van der Waals surface area contributed by atoms with Crippen LogP contribution < -0.4 is 15.8 Å². The molecule has 0 aliphatic carbocycles. The van der Waals surface area contributed by atoms with Gasteiger partial charge in [-0.2, -0.15) is 0 Å². The number of rotatable bonds is 5. The number of ether oxygens (including phenoxy) is 1. The number of aromatic nitrogens is 2. The fourth-order valence-electron chi connectivity index (χ4n) is 1.87. The number of benzene rings is 1. The van der Waals surface area contributed by atoms with Crippen LogP contribution in [-0.4, -0.2) is 28.9 Å². The Morgan fingerprint density at radius 2 is 1.95 bits per heavy atom. The number of nitrogens with zero attached hydrogens (tertiary/aromatic N) is 2. The molecule has 0 radical (unpaired) electrons. The highest BCUT2D eigenvalue weighted by molar-refractivity contribution is 5.96. The maximum atomic E-state index is 12.1. The van der Waals surface area contributed by atoms with Crippen LogP contribution in [0, 0.1) is 6.92 Å². The third-order valence-corrected chi connectivity index (χ3v) is 2.91. The minimum atomic E-state index is -0.702. The molecule has 3 N–H and O–H groups in total. The smallest absolute Gasteiger partial charge is 0.270 e. The van der Waals surface area contributed by atoms with Gasteiger partial charge in [0.05, 0.1) is 7.11 Å². The zero-order chi connectivity index (χ0) is 16.1. The van der Waals surface area contributed by atoms with Crippen LogP contribution in [0.4, 0.5) is 0 Å². The first-order valence-corrected chi connectivity index (χ1v) is 6.56. The topological polar surface area (TPSA) is 107 Å². The average molecular weight is 300 g/mol. The molecule has 114 valence electrons. The van der Waals surface area contributed by atoms with Crippen molar-refractivity contribution in [1.29, 1.82) is 0 Å². The number of hydrogen-bond acceptors (Lipinski definition) is 5. The number of nitrogens with two attached hydrogens (primary N) is 1. The van der Waals surface area contributed by atoms with Gasteiger partial charge in [0, 0.05) is 12.6 Å². The van der Waals surface area contributed by atoms with E-state index in [-0.39, 0.29) is 11.4 Å². The molecule has 0 unspecified atom stereocenters. The van der Waals surface area contributed by atoms with Crippen LogP contribution in [0.25, 0.3) is 0 Å². The molecule has 1 aromatic carbocycles. The Morgan fingerprint density at radius 3 is 2.64 bits per heavy atom. The first-order valence-electron chi connectivity index (χ1n) is 6.56. The Bertz CT molecular complexity index is 716. The van der Waals surface area contributed by atoms with Gasteiger partial charge in [-0.3, -0.25) is 9.59 Å². The van der Waals surface area contributed by atoms with Gasteiger partial charge in [0.2, 0.25) is 0 Å². The number of methoxy groups -OCH3 is 1. The van der Waals surface area contributed by atoms with Crippen molar-refractivity contribution in [1.82, 2.24) is 15.3 Å². The number of amides is 2. The summed E-state index contributed by atoms with van der Waals surface area (Å²) < 4.78 is 5.12. The fraction of sp³-hybridized carbons (Fsp3) is 0.200. The number of hydrogen-bond donors (Lipinski definition) is 2. The molecule has 0 aliphatic heterocycles. The highest BCUT2D eigenvalue weighted by Gasteiger charge is 2.12. The summed E-state index contributed by atoms with van der Waals surface area (Å²) in [7, 11) is 1.58. The van der Waals surface area contributed by atoms with Gasteiger partial charge in [0.25, 0.3) is 11.8 Å². The minimum Gasteiger partial charge on any atom is -0.497 e. The summed E-state index contributed by atoms with van der Waals surface area (Å²) in [6.07, 6.45) is 0. The molecule has 0 atom stereocenters. The zero-order valence-electron chi connectivity index (χ0n) is 12.3. The van der Waals surface area contributed by atoms with E-state index < -0.39 is 11.8 Å². The predicted molar refractivity (Wildman–Crippen MR) is 79.5 cm³/mol. The molecule has 2 rings (SSSR count). The van der Waals surface area contributed by atoms with E-state index in [2.05, 4.69) is 15.3 Å². The van der Waals surface area contributed by atoms with E-state index in [9.17, 15) is 9.59 Å². The van der Waals surface area contributed by atoms with Gasteiger partial charge < -0.3 is 15.8 Å². The van der Waals surface area contributed by atoms with Crippen LogP contribution in [0.15, 0.2) is 30.3 Å². The van der Waals surface area contributed by atoms with Crippen LogP contribution in [0.2, 0.25) is 0 Å². The standard InChI is InChI=1S/C15H16N4O3/c1-9-18-12(14(16)20)7-13(19-9)15(21)17-8-10-4-3-5-11(6-10)22-2/h3-7H,8H2,1-2H3,(H2,16,20)(H,17,21). The number of primary amides is 1. The van der Waals surface area contributed by atoms with Crippen LogP contribution in [-0.2, 0) is 6.54 Å². The molecule has 0 bridgehead atoms. The first-order chi connectivity index (χ1) is 10.5. The van der Waals surface area contributed by atoms with Gasteiger partial charge in [-0.05, 0) is 24.6 Å². The van der Waals surface area contributed by atoms with E-state index >= 15 is 0 Å². The molecule has 7 heteroatoms. The molecule has 0 saturated carbocycles. The van der Waals surface area contributed by atoms with Crippen molar-refractivity contribution in [2.75, 3.05) is 7.11 Å². The van der Waals surface area contributed by atoms with Crippen LogP contribution in [0.1, 0.15) is 32.4 Å². The molecule has 1 aromatic heterocycles. The summed E-state index contributed by atoms with van der Waals surface area (Å²) in [5, 5.41) is 2.72. The molecule has 7 nitrogen and oxygen atoms in total. The van der Waals surface area contributed by atoms with E-state index in [4.69, 9.17) is 10.5 Å². The van der Waals surface area contributed by atoms with E-state index in [0.29, 0.717) is 18.1 Å². The van der Waals surface area contributed by atoms with Gasteiger partial charge >= 0.3 is 0 Å². The summed E-state index contributed by atoms with van der Waals surface area (Å²) in [4.78, 5) is 31.2. The monoisotopic (exact) mass is 300 g/mol. The maximum Gasteiger partial charge on any atom is 0.270 e. The van der Waals surface area contributed by atoms with E-state index in [1.165, 1.54) is 6.07 Å². The van der Waals surface area contributed by atoms with Gasteiger partial charge in [0.15, 0.2) is 0 Å². The minimum absolute atomic E-state index is 0.0130. The van der Waals surface area contributed by atoms with Crippen molar-refractivity contribution in [2.45, 2.75) is 13.5 Å². The van der Waals surface area contributed by atoms with Gasteiger partial charge in [-0.15, -0.1) is 0 Å².